The van der Waals surface area contributed by atoms with Crippen LogP contribution in [0.4, 0.5) is 0 Å². The van der Waals surface area contributed by atoms with Crippen LogP contribution in [-0.2, 0) is 79.2 Å². The molecular weight excluding hydrogens is 1900 g/mol. The minimum Gasteiger partial charge on any atom is -0.537 e. The van der Waals surface area contributed by atoms with E-state index in [1.165, 1.54) is 128 Å². The first-order valence-corrected chi connectivity index (χ1v) is 34.6. The number of benzene rings is 4. The summed E-state index contributed by atoms with van der Waals surface area (Å²) in [6, 6.07) is 48.3. The van der Waals surface area contributed by atoms with Gasteiger partial charge >= 0.3 is 79.2 Å². The van der Waals surface area contributed by atoms with Gasteiger partial charge in [0, 0.05) is 47.8 Å². The smallest absolute Gasteiger partial charge is 0.537 e. The number of hydrogen-bond acceptors (Lipinski definition) is 10. The molecule has 0 aliphatic rings. The maximum Gasteiger partial charge on any atom is 1.00 e. The summed E-state index contributed by atoms with van der Waals surface area (Å²) < 4.78 is 34.7. The zero-order valence-corrected chi connectivity index (χ0v) is 69.3. The number of pyridine rings is 4. The normalized spacial score (nSPS) is 10.2. The van der Waals surface area contributed by atoms with E-state index in [4.69, 9.17) is 28.4 Å². The summed E-state index contributed by atoms with van der Waals surface area (Å²) in [4.78, 5) is 17.8. The van der Waals surface area contributed by atoms with Crippen LogP contribution in [0.1, 0.15) is 204 Å². The average molecular weight is 2010 g/mol. The quantitative estimate of drug-likeness (QED) is 0.0274. The zero-order chi connectivity index (χ0) is 65.6. The fraction of sp³-hybridized carbons (Fsp3) is 0.463. The molecule has 0 aliphatic heterocycles. The standard InChI is InChI=1S/C21H28NO2.C21H28NO.C20H26NO2.C20H26NO.4Os/c1-4-5-6-7-8-9-15-24-21-17(2)11-10-12-19(21)20-16-18(23-3)13-14-22-20;1-4-5-6-7-8-9-16-23-21-18(3)12-10-14-19(21)20-17(2)13-11-15-22-20;1-3-4-5-6-7-10-15-23-20-12-9-8-11-18(20)19-16-17(22-2)13-14-21-19;1-3-4-5-6-7-10-16-22-19-14-9-8-13-18(19)20-17(2)12-11-15-21-20;;;;/h10-11,13-14,16H,4-9,15H2,1-3H3;10-13,15H,4-9,16H2,1-3H3;8-9,12-14,16H,3-7,10,15H2,1-2H3;8-9,11-12,14-15H,3-7,10,16H2,1-2H3;;;;/q4*-1;4*+1. The van der Waals surface area contributed by atoms with Crippen molar-refractivity contribution in [2.45, 2.75) is 209 Å². The number of ether oxygens (including phenoxy) is 6. The van der Waals surface area contributed by atoms with Crippen molar-refractivity contribution in [3.8, 4) is 79.5 Å². The summed E-state index contributed by atoms with van der Waals surface area (Å²) in [6.07, 6.45) is 37.5. The van der Waals surface area contributed by atoms with Gasteiger partial charge in [-0.25, -0.2) is 0 Å². The number of aromatic nitrogens is 4. The van der Waals surface area contributed by atoms with Gasteiger partial charge in [0.2, 0.25) is 0 Å². The molecule has 0 spiro atoms. The molecule has 0 fully saturated rings. The van der Waals surface area contributed by atoms with Crippen molar-refractivity contribution in [3.63, 3.8) is 0 Å². The molecule has 96 heavy (non-hydrogen) atoms. The van der Waals surface area contributed by atoms with E-state index in [9.17, 15) is 0 Å². The first-order valence-electron chi connectivity index (χ1n) is 34.6. The Morgan fingerprint density at radius 3 is 1.07 bits per heavy atom. The van der Waals surface area contributed by atoms with Crippen molar-refractivity contribution in [2.24, 2.45) is 0 Å². The fourth-order valence-electron chi connectivity index (χ4n) is 10.5. The van der Waals surface area contributed by atoms with Gasteiger partial charge in [-0.05, 0) is 98.7 Å². The van der Waals surface area contributed by atoms with E-state index >= 15 is 0 Å². The predicted molar refractivity (Wildman–Crippen MR) is 382 cm³/mol. The molecule has 10 nitrogen and oxygen atoms in total. The Morgan fingerprint density at radius 1 is 0.312 bits per heavy atom. The van der Waals surface area contributed by atoms with Gasteiger partial charge in [0.1, 0.15) is 11.5 Å². The molecule has 0 aliphatic carbocycles. The van der Waals surface area contributed by atoms with Crippen LogP contribution in [0.15, 0.2) is 134 Å². The van der Waals surface area contributed by atoms with Gasteiger partial charge in [0.15, 0.2) is 0 Å². The van der Waals surface area contributed by atoms with Gasteiger partial charge in [-0.15, -0.1) is 84.9 Å². The molecular formula is C82H108N4O6Os4. The summed E-state index contributed by atoms with van der Waals surface area (Å²) in [5, 5.41) is 0. The number of unbranched alkanes of at least 4 members (excludes halogenated alkanes) is 20. The summed E-state index contributed by atoms with van der Waals surface area (Å²) in [6.45, 7) is 20.3. The molecule has 14 heteroatoms. The van der Waals surface area contributed by atoms with Crippen molar-refractivity contribution in [1.82, 2.24) is 19.9 Å². The monoisotopic (exact) mass is 2010 g/mol. The van der Waals surface area contributed by atoms with E-state index in [2.05, 4.69) is 118 Å². The summed E-state index contributed by atoms with van der Waals surface area (Å²) >= 11 is 0. The van der Waals surface area contributed by atoms with E-state index in [0.717, 1.165) is 154 Å². The van der Waals surface area contributed by atoms with E-state index in [0.29, 0.717) is 0 Å². The van der Waals surface area contributed by atoms with Crippen molar-refractivity contribution in [3.05, 3.63) is 181 Å². The minimum absolute atomic E-state index is 0. The molecule has 0 saturated heterocycles. The Kier molecular flexibility index (Phi) is 51.5. The van der Waals surface area contributed by atoms with Gasteiger partial charge in [0.25, 0.3) is 0 Å². The molecule has 0 bridgehead atoms. The van der Waals surface area contributed by atoms with Gasteiger partial charge < -0.3 is 48.4 Å². The summed E-state index contributed by atoms with van der Waals surface area (Å²) in [5.41, 5.74) is 11.9. The van der Waals surface area contributed by atoms with Crippen molar-refractivity contribution < 1.29 is 108 Å². The molecule has 4 radical (unpaired) electrons. The molecule has 8 rings (SSSR count). The first-order chi connectivity index (χ1) is 45.2. The van der Waals surface area contributed by atoms with E-state index in [-0.39, 0.29) is 79.2 Å². The summed E-state index contributed by atoms with van der Waals surface area (Å²) in [7, 11) is 3.32. The van der Waals surface area contributed by atoms with Crippen LogP contribution >= 0.6 is 0 Å². The molecule has 4 heterocycles. The molecule has 0 saturated carbocycles. The van der Waals surface area contributed by atoms with Crippen LogP contribution in [0.5, 0.6) is 34.5 Å². The van der Waals surface area contributed by atoms with Crippen LogP contribution in [0.3, 0.4) is 0 Å². The van der Waals surface area contributed by atoms with Crippen LogP contribution in [0.2, 0.25) is 0 Å². The number of nitrogens with zero attached hydrogens (tertiary/aromatic N) is 4. The topological polar surface area (TPSA) is 107 Å². The van der Waals surface area contributed by atoms with Gasteiger partial charge in [-0.2, -0.15) is 0 Å². The average Bonchev–Trinajstić information content (AvgIpc) is 0.859. The predicted octanol–water partition coefficient (Wildman–Crippen LogP) is 22.4. The SMILES string of the molecule is CCCCCCCCOc1c(-c2cc(OC)ccn2)[c-]ccc1C.CCCCCCCCOc1c(-c2ncccc2C)[c-]ccc1C.CCCCCCCCOc1ccc[c-]c1-c1cc(OC)ccn1.CCCCCCCCOc1ccc[c-]c1-c1ncccc1C.[Os+].[Os+].[Os+].[Os+]. The van der Waals surface area contributed by atoms with Crippen molar-refractivity contribution >= 4 is 0 Å². The van der Waals surface area contributed by atoms with E-state index in [1.807, 2.05) is 103 Å². The molecule has 0 amide bonds. The zero-order valence-electron chi connectivity index (χ0n) is 59.2. The van der Waals surface area contributed by atoms with Crippen LogP contribution < -0.4 is 28.4 Å². The maximum atomic E-state index is 6.11. The molecule has 4 aromatic heterocycles. The third kappa shape index (κ3) is 33.6. The number of aryl methyl sites for hydroxylation is 4. The van der Waals surface area contributed by atoms with Crippen LogP contribution in [0, 0.1) is 52.0 Å². The van der Waals surface area contributed by atoms with Crippen LogP contribution in [0.25, 0.3) is 45.0 Å². The van der Waals surface area contributed by atoms with E-state index in [1.54, 1.807) is 26.6 Å². The summed E-state index contributed by atoms with van der Waals surface area (Å²) in [5.74, 6) is 5.11. The third-order valence-electron chi connectivity index (χ3n) is 15.9. The van der Waals surface area contributed by atoms with E-state index < -0.39 is 0 Å². The number of hydrogen-bond donors (Lipinski definition) is 0. The van der Waals surface area contributed by atoms with Gasteiger partial charge in [-0.1, -0.05) is 227 Å². The second kappa shape index (κ2) is 55.7. The Balaban J connectivity index is 0.000000631. The molecule has 0 unspecified atom stereocenters. The van der Waals surface area contributed by atoms with Crippen molar-refractivity contribution in [1.29, 1.82) is 0 Å². The minimum atomic E-state index is 0. The molecule has 4 aromatic carbocycles. The Hall–Kier alpha value is -5.17. The first kappa shape index (κ1) is 88.8. The van der Waals surface area contributed by atoms with Crippen molar-refractivity contribution in [2.75, 3.05) is 40.6 Å². The largest absolute Gasteiger partial charge is 1.00 e. The Morgan fingerprint density at radius 2 is 0.656 bits per heavy atom. The van der Waals surface area contributed by atoms with Crippen LogP contribution in [-0.4, -0.2) is 60.6 Å². The number of methoxy groups -OCH3 is 2. The molecule has 0 atom stereocenters. The number of rotatable bonds is 38. The Labute approximate surface area is 632 Å². The van der Waals surface area contributed by atoms with Gasteiger partial charge in [0.05, 0.1) is 40.6 Å². The fourth-order valence-corrected chi connectivity index (χ4v) is 10.5. The second-order valence-electron chi connectivity index (χ2n) is 23.5. The Bertz CT molecular complexity index is 3260. The molecule has 524 valence electrons. The molecule has 8 aromatic rings. The maximum absolute atomic E-state index is 6.11. The second-order valence-corrected chi connectivity index (χ2v) is 23.5. The molecule has 0 N–H and O–H groups in total. The third-order valence-corrected chi connectivity index (χ3v) is 15.9. The van der Waals surface area contributed by atoms with Gasteiger partial charge in [-0.3, -0.25) is 0 Å².